The van der Waals surface area contributed by atoms with Crippen LogP contribution in [-0.4, -0.2) is 28.0 Å². The summed E-state index contributed by atoms with van der Waals surface area (Å²) in [6, 6.07) is 14.1. The Morgan fingerprint density at radius 3 is 2.45 bits per heavy atom. The average molecular weight is 471 g/mol. The van der Waals surface area contributed by atoms with Crippen molar-refractivity contribution in [1.29, 1.82) is 0 Å². The first kappa shape index (κ1) is 21.4. The lowest BCUT2D eigenvalue weighted by atomic mass is 10.3. The van der Waals surface area contributed by atoms with E-state index in [1.54, 1.807) is 47.8 Å². The molecule has 6 nitrogen and oxygen atoms in total. The fourth-order valence-corrected chi connectivity index (χ4v) is 5.47. The molecule has 0 radical (unpaired) electrons. The van der Waals surface area contributed by atoms with Crippen LogP contribution in [0.5, 0.6) is 5.75 Å². The highest BCUT2D eigenvalue weighted by Gasteiger charge is 2.28. The molecule has 0 aliphatic heterocycles. The largest absolute Gasteiger partial charge is 0.497 e. The van der Waals surface area contributed by atoms with Crippen LogP contribution < -0.4 is 14.4 Å². The summed E-state index contributed by atoms with van der Waals surface area (Å²) in [5.74, 6) is 0.0183. The number of hydrogen-bond donors (Lipinski definition) is 1. The van der Waals surface area contributed by atoms with Gasteiger partial charge < -0.3 is 10.1 Å². The summed E-state index contributed by atoms with van der Waals surface area (Å²) >= 11 is 13.0. The fraction of sp³-hybridized carbons (Fsp3) is 0.105. The Morgan fingerprint density at radius 1 is 1.14 bits per heavy atom. The summed E-state index contributed by atoms with van der Waals surface area (Å²) in [5, 5.41) is 4.96. The monoisotopic (exact) mass is 470 g/mol. The summed E-state index contributed by atoms with van der Waals surface area (Å²) < 4.78 is 32.5. The minimum absolute atomic E-state index is 0.130. The van der Waals surface area contributed by atoms with Gasteiger partial charge in [0.15, 0.2) is 0 Å². The van der Waals surface area contributed by atoms with Crippen LogP contribution >= 0.6 is 34.5 Å². The maximum Gasteiger partial charge on any atom is 0.274 e. The van der Waals surface area contributed by atoms with Crippen molar-refractivity contribution >= 4 is 61.8 Å². The normalized spacial score (nSPS) is 11.1. The number of nitrogens with zero attached hydrogens (tertiary/aromatic N) is 1. The van der Waals surface area contributed by atoms with Gasteiger partial charge in [-0.05, 0) is 53.9 Å². The number of sulfonamides is 1. The molecular formula is C19H16Cl2N2O4S2. The number of carbonyl (C=O) groups is 1. The van der Waals surface area contributed by atoms with Gasteiger partial charge in [0.05, 0.1) is 23.5 Å². The van der Waals surface area contributed by atoms with Crippen molar-refractivity contribution in [2.75, 3.05) is 23.3 Å². The lowest BCUT2D eigenvalue weighted by Gasteiger charge is -2.23. The molecule has 0 saturated heterocycles. The number of anilines is 2. The van der Waals surface area contributed by atoms with Crippen LogP contribution in [0.25, 0.3) is 0 Å². The predicted octanol–water partition coefficient (Wildman–Crippen LogP) is 4.90. The zero-order valence-corrected chi connectivity index (χ0v) is 18.3. The van der Waals surface area contributed by atoms with Crippen LogP contribution in [-0.2, 0) is 14.8 Å². The first-order valence-corrected chi connectivity index (χ1v) is 11.3. The van der Waals surface area contributed by atoms with E-state index in [2.05, 4.69) is 5.32 Å². The smallest absolute Gasteiger partial charge is 0.274 e. The number of carbonyl (C=O) groups excluding carboxylic acids is 1. The van der Waals surface area contributed by atoms with Crippen molar-refractivity contribution in [3.8, 4) is 5.75 Å². The topological polar surface area (TPSA) is 75.7 Å². The summed E-state index contributed by atoms with van der Waals surface area (Å²) in [5.41, 5.74) is 0.667. The molecule has 10 heteroatoms. The van der Waals surface area contributed by atoms with E-state index in [1.807, 2.05) is 0 Å². The quantitative estimate of drug-likeness (QED) is 0.532. The summed E-state index contributed by atoms with van der Waals surface area (Å²) in [7, 11) is -2.43. The van der Waals surface area contributed by atoms with Crippen molar-refractivity contribution in [2.45, 2.75) is 4.21 Å². The van der Waals surface area contributed by atoms with Crippen molar-refractivity contribution in [2.24, 2.45) is 0 Å². The fourth-order valence-electron chi connectivity index (χ4n) is 2.49. The van der Waals surface area contributed by atoms with Gasteiger partial charge in [-0.2, -0.15) is 0 Å². The van der Waals surface area contributed by atoms with E-state index in [0.29, 0.717) is 22.1 Å². The second-order valence-corrected chi connectivity index (χ2v) is 9.69. The zero-order valence-electron chi connectivity index (χ0n) is 15.1. The van der Waals surface area contributed by atoms with E-state index in [9.17, 15) is 13.2 Å². The van der Waals surface area contributed by atoms with Crippen LogP contribution in [0.3, 0.4) is 0 Å². The number of rotatable bonds is 7. The molecule has 3 rings (SSSR count). The molecule has 1 aromatic heterocycles. The Hall–Kier alpha value is -2.26. The summed E-state index contributed by atoms with van der Waals surface area (Å²) in [6.07, 6.45) is 0. The number of amides is 1. The molecule has 1 amide bonds. The summed E-state index contributed by atoms with van der Waals surface area (Å²) in [6.45, 7) is -0.439. The minimum atomic E-state index is -3.94. The van der Waals surface area contributed by atoms with Gasteiger partial charge in [0.25, 0.3) is 10.0 Å². The molecule has 3 aromatic rings. The number of ether oxygens (including phenoxy) is 1. The first-order valence-electron chi connectivity index (χ1n) is 8.26. The number of hydrogen-bond acceptors (Lipinski definition) is 5. The van der Waals surface area contributed by atoms with E-state index < -0.39 is 22.5 Å². The second kappa shape index (κ2) is 9.04. The van der Waals surface area contributed by atoms with Gasteiger partial charge in [-0.15, -0.1) is 11.3 Å². The van der Waals surface area contributed by atoms with Crippen molar-refractivity contribution in [3.05, 3.63) is 70.0 Å². The van der Waals surface area contributed by atoms with E-state index >= 15 is 0 Å². The Balaban J connectivity index is 1.91. The van der Waals surface area contributed by atoms with Gasteiger partial charge in [0.2, 0.25) is 5.91 Å². The number of methoxy groups -OCH3 is 1. The Morgan fingerprint density at radius 2 is 1.86 bits per heavy atom. The van der Waals surface area contributed by atoms with E-state index in [4.69, 9.17) is 27.9 Å². The predicted molar refractivity (Wildman–Crippen MR) is 117 cm³/mol. The molecule has 0 saturated carbocycles. The van der Waals surface area contributed by atoms with E-state index in [1.165, 1.54) is 19.2 Å². The highest BCUT2D eigenvalue weighted by Crippen LogP contribution is 2.29. The van der Waals surface area contributed by atoms with E-state index in [0.717, 1.165) is 15.6 Å². The molecule has 2 aromatic carbocycles. The first-order chi connectivity index (χ1) is 13.8. The standard InChI is InChI=1S/C19H16Cl2N2O4S2/c1-27-15-7-5-14(6-8-15)23(29(25,26)19-3-2-10-28-19)12-18(24)22-17-9-4-13(20)11-16(17)21/h2-11H,12H2,1H3,(H,22,24). The van der Waals surface area contributed by atoms with Gasteiger partial charge in [0, 0.05) is 5.02 Å². The van der Waals surface area contributed by atoms with Crippen molar-refractivity contribution in [3.63, 3.8) is 0 Å². The Labute approximate surface area is 182 Å². The molecule has 0 aliphatic carbocycles. The van der Waals surface area contributed by atoms with Gasteiger partial charge >= 0.3 is 0 Å². The lowest BCUT2D eigenvalue weighted by molar-refractivity contribution is -0.114. The average Bonchev–Trinajstić information content (AvgIpc) is 3.24. The highest BCUT2D eigenvalue weighted by atomic mass is 35.5. The SMILES string of the molecule is COc1ccc(N(CC(=O)Nc2ccc(Cl)cc2Cl)S(=O)(=O)c2cccs2)cc1. The molecule has 0 bridgehead atoms. The highest BCUT2D eigenvalue weighted by molar-refractivity contribution is 7.94. The Kier molecular flexibility index (Phi) is 6.69. The minimum Gasteiger partial charge on any atom is -0.497 e. The molecule has 0 fully saturated rings. The van der Waals surface area contributed by atoms with Crippen LogP contribution in [0.1, 0.15) is 0 Å². The molecular weight excluding hydrogens is 455 g/mol. The van der Waals surface area contributed by atoms with Crippen molar-refractivity contribution < 1.29 is 17.9 Å². The molecule has 0 atom stereocenters. The molecule has 29 heavy (non-hydrogen) atoms. The molecule has 0 spiro atoms. The molecule has 0 aliphatic rings. The maximum absolute atomic E-state index is 13.1. The summed E-state index contributed by atoms with van der Waals surface area (Å²) in [4.78, 5) is 12.6. The van der Waals surface area contributed by atoms with Gasteiger partial charge in [-0.3, -0.25) is 9.10 Å². The lowest BCUT2D eigenvalue weighted by Crippen LogP contribution is -2.37. The molecule has 1 heterocycles. The third-order valence-electron chi connectivity index (χ3n) is 3.89. The molecule has 1 N–H and O–H groups in total. The number of nitrogens with one attached hydrogen (secondary N) is 1. The second-order valence-electron chi connectivity index (χ2n) is 5.81. The van der Waals surface area contributed by atoms with Crippen LogP contribution in [0.15, 0.2) is 64.2 Å². The number of benzene rings is 2. The van der Waals surface area contributed by atoms with Gasteiger partial charge in [0.1, 0.15) is 16.5 Å². The molecule has 152 valence electrons. The van der Waals surface area contributed by atoms with Crippen LogP contribution in [0, 0.1) is 0 Å². The number of halogens is 2. The van der Waals surface area contributed by atoms with Gasteiger partial charge in [-0.1, -0.05) is 29.3 Å². The Bertz CT molecular complexity index is 1100. The van der Waals surface area contributed by atoms with Crippen LogP contribution in [0.4, 0.5) is 11.4 Å². The maximum atomic E-state index is 13.1. The third kappa shape index (κ3) is 5.02. The number of thiophene rings is 1. The van der Waals surface area contributed by atoms with Crippen molar-refractivity contribution in [1.82, 2.24) is 0 Å². The molecule has 0 unspecified atom stereocenters. The van der Waals surface area contributed by atoms with Gasteiger partial charge in [-0.25, -0.2) is 8.42 Å². The van der Waals surface area contributed by atoms with Crippen LogP contribution in [0.2, 0.25) is 10.0 Å². The third-order valence-corrected chi connectivity index (χ3v) is 7.59. The zero-order chi connectivity index (χ0) is 21.0. The van der Waals surface area contributed by atoms with E-state index in [-0.39, 0.29) is 9.23 Å².